The van der Waals surface area contributed by atoms with Gasteiger partial charge in [-0.3, -0.25) is 10.1 Å². The Morgan fingerprint density at radius 2 is 2.24 bits per heavy atom. The zero-order chi connectivity index (χ0) is 12.8. The van der Waals surface area contributed by atoms with Crippen LogP contribution in [0.1, 0.15) is 24.5 Å². The second-order valence-corrected chi connectivity index (χ2v) is 5.03. The van der Waals surface area contributed by atoms with Gasteiger partial charge in [-0.1, -0.05) is 19.1 Å². The van der Waals surface area contributed by atoms with Gasteiger partial charge in [0.1, 0.15) is 0 Å². The van der Waals surface area contributed by atoms with Crippen molar-refractivity contribution in [3.63, 3.8) is 0 Å². The lowest BCUT2D eigenvalue weighted by atomic mass is 10.1. The lowest BCUT2D eigenvalue weighted by molar-refractivity contribution is -0.385. The minimum atomic E-state index is -0.332. The van der Waals surface area contributed by atoms with Crippen LogP contribution in [0.25, 0.3) is 0 Å². The van der Waals surface area contributed by atoms with Gasteiger partial charge in [0.25, 0.3) is 5.69 Å². The highest BCUT2D eigenvalue weighted by molar-refractivity contribution is 7.98. The van der Waals surface area contributed by atoms with Crippen LogP contribution in [-0.4, -0.2) is 16.7 Å². The average molecular weight is 254 g/mol. The van der Waals surface area contributed by atoms with E-state index in [0.29, 0.717) is 0 Å². The van der Waals surface area contributed by atoms with E-state index in [2.05, 4.69) is 6.92 Å². The largest absolute Gasteiger partial charge is 0.327 e. The number of rotatable bonds is 6. The van der Waals surface area contributed by atoms with Crippen LogP contribution >= 0.6 is 11.8 Å². The zero-order valence-corrected chi connectivity index (χ0v) is 11.0. The van der Waals surface area contributed by atoms with Gasteiger partial charge < -0.3 is 5.73 Å². The molecule has 0 fully saturated rings. The van der Waals surface area contributed by atoms with E-state index in [1.54, 1.807) is 30.8 Å². The van der Waals surface area contributed by atoms with E-state index in [4.69, 9.17) is 5.73 Å². The Balaban J connectivity index is 2.66. The molecule has 1 atom stereocenters. The van der Waals surface area contributed by atoms with Crippen LogP contribution in [-0.2, 0) is 5.75 Å². The first-order valence-electron chi connectivity index (χ1n) is 5.62. The summed E-state index contributed by atoms with van der Waals surface area (Å²) >= 11 is 1.73. The second kappa shape index (κ2) is 6.61. The first-order valence-corrected chi connectivity index (χ1v) is 6.78. The maximum atomic E-state index is 10.8. The van der Waals surface area contributed by atoms with Gasteiger partial charge in [-0.15, -0.1) is 0 Å². The van der Waals surface area contributed by atoms with Crippen LogP contribution in [0.2, 0.25) is 0 Å². The van der Waals surface area contributed by atoms with Gasteiger partial charge >= 0.3 is 0 Å². The van der Waals surface area contributed by atoms with E-state index in [1.165, 1.54) is 0 Å². The predicted molar refractivity (Wildman–Crippen MR) is 72.3 cm³/mol. The molecule has 0 amide bonds. The molecule has 0 aliphatic heterocycles. The summed E-state index contributed by atoms with van der Waals surface area (Å²) in [6, 6.07) is 5.42. The Morgan fingerprint density at radius 1 is 1.53 bits per heavy atom. The highest BCUT2D eigenvalue weighted by Crippen LogP contribution is 2.24. The van der Waals surface area contributed by atoms with Gasteiger partial charge in [-0.25, -0.2) is 0 Å². The van der Waals surface area contributed by atoms with Gasteiger partial charge in [-0.2, -0.15) is 11.8 Å². The quantitative estimate of drug-likeness (QED) is 0.626. The SMILES string of the molecule is CCC(N)CSCc1cccc([N+](=O)[O-])c1C. The summed E-state index contributed by atoms with van der Waals surface area (Å²) in [5, 5.41) is 10.8. The van der Waals surface area contributed by atoms with Crippen molar-refractivity contribution in [1.82, 2.24) is 0 Å². The van der Waals surface area contributed by atoms with E-state index >= 15 is 0 Å². The summed E-state index contributed by atoms with van der Waals surface area (Å²) in [5.41, 5.74) is 7.80. The fourth-order valence-electron chi connectivity index (χ4n) is 1.46. The summed E-state index contributed by atoms with van der Waals surface area (Å²) in [7, 11) is 0. The van der Waals surface area contributed by atoms with E-state index in [0.717, 1.165) is 29.1 Å². The van der Waals surface area contributed by atoms with E-state index in [1.807, 2.05) is 6.07 Å². The molecule has 17 heavy (non-hydrogen) atoms. The number of hydrogen-bond donors (Lipinski definition) is 1. The Hall–Kier alpha value is -1.07. The molecule has 0 aromatic heterocycles. The summed E-state index contributed by atoms with van der Waals surface area (Å²) in [6.07, 6.45) is 0.959. The zero-order valence-electron chi connectivity index (χ0n) is 10.2. The Morgan fingerprint density at radius 3 is 2.82 bits per heavy atom. The van der Waals surface area contributed by atoms with E-state index < -0.39 is 0 Å². The maximum absolute atomic E-state index is 10.8. The minimum Gasteiger partial charge on any atom is -0.327 e. The van der Waals surface area contributed by atoms with Crippen LogP contribution < -0.4 is 5.73 Å². The first-order chi connectivity index (χ1) is 8.06. The van der Waals surface area contributed by atoms with Gasteiger partial charge in [-0.05, 0) is 18.9 Å². The highest BCUT2D eigenvalue weighted by Gasteiger charge is 2.13. The molecule has 2 N–H and O–H groups in total. The number of thioether (sulfide) groups is 1. The van der Waals surface area contributed by atoms with Crippen LogP contribution in [0, 0.1) is 17.0 Å². The molecule has 1 rings (SSSR count). The van der Waals surface area contributed by atoms with Gasteiger partial charge in [0, 0.05) is 29.2 Å². The van der Waals surface area contributed by atoms with E-state index in [9.17, 15) is 10.1 Å². The van der Waals surface area contributed by atoms with Crippen LogP contribution in [0.3, 0.4) is 0 Å². The number of nitrogens with two attached hydrogens (primary N) is 1. The maximum Gasteiger partial charge on any atom is 0.272 e. The molecule has 4 nitrogen and oxygen atoms in total. The first kappa shape index (κ1) is 14.0. The molecule has 94 valence electrons. The van der Waals surface area contributed by atoms with Gasteiger partial charge in [0.15, 0.2) is 0 Å². The number of nitro benzene ring substituents is 1. The molecule has 0 bridgehead atoms. The van der Waals surface area contributed by atoms with Crippen molar-refractivity contribution in [3.05, 3.63) is 39.4 Å². The highest BCUT2D eigenvalue weighted by atomic mass is 32.2. The van der Waals surface area contributed by atoms with Crippen molar-refractivity contribution in [1.29, 1.82) is 0 Å². The third-order valence-corrected chi connectivity index (χ3v) is 3.91. The molecular formula is C12H18N2O2S. The third-order valence-electron chi connectivity index (χ3n) is 2.73. The van der Waals surface area contributed by atoms with Crippen LogP contribution in [0.4, 0.5) is 5.69 Å². The Labute approximate surface area is 106 Å². The number of hydrogen-bond acceptors (Lipinski definition) is 4. The van der Waals surface area contributed by atoms with Gasteiger partial charge in [0.2, 0.25) is 0 Å². The van der Waals surface area contributed by atoms with Crippen molar-refractivity contribution in [3.8, 4) is 0 Å². The number of nitro groups is 1. The van der Waals surface area contributed by atoms with E-state index in [-0.39, 0.29) is 16.7 Å². The van der Waals surface area contributed by atoms with Crippen molar-refractivity contribution in [2.75, 3.05) is 5.75 Å². The number of nitrogens with zero attached hydrogens (tertiary/aromatic N) is 1. The second-order valence-electron chi connectivity index (χ2n) is 4.00. The molecule has 0 aliphatic carbocycles. The molecule has 1 unspecified atom stereocenters. The van der Waals surface area contributed by atoms with Crippen LogP contribution in [0.5, 0.6) is 0 Å². The molecule has 1 aromatic rings. The molecule has 0 radical (unpaired) electrons. The Kier molecular flexibility index (Phi) is 5.44. The fraction of sp³-hybridized carbons (Fsp3) is 0.500. The minimum absolute atomic E-state index is 0.197. The molecule has 1 aromatic carbocycles. The molecule has 5 heteroatoms. The summed E-state index contributed by atoms with van der Waals surface area (Å²) < 4.78 is 0. The fourth-order valence-corrected chi connectivity index (χ4v) is 2.65. The third kappa shape index (κ3) is 4.02. The normalized spacial score (nSPS) is 12.4. The molecule has 0 aliphatic rings. The lowest BCUT2D eigenvalue weighted by Crippen LogP contribution is -2.21. The molecule has 0 spiro atoms. The summed E-state index contributed by atoms with van der Waals surface area (Å²) in [6.45, 7) is 3.86. The monoisotopic (exact) mass is 254 g/mol. The van der Waals surface area contributed by atoms with Crippen LogP contribution in [0.15, 0.2) is 18.2 Å². The molecule has 0 saturated carbocycles. The summed E-state index contributed by atoms with van der Waals surface area (Å²) in [5.74, 6) is 1.67. The standard InChI is InChI=1S/C12H18N2O2S/c1-3-11(13)8-17-7-10-5-4-6-12(9(10)2)14(15)16/h4-6,11H,3,7-8,13H2,1-2H3. The average Bonchev–Trinajstić information content (AvgIpc) is 2.30. The topological polar surface area (TPSA) is 69.2 Å². The predicted octanol–water partition coefficient (Wildman–Crippen LogP) is 2.87. The number of benzene rings is 1. The van der Waals surface area contributed by atoms with Crippen molar-refractivity contribution >= 4 is 17.4 Å². The summed E-state index contributed by atoms with van der Waals surface area (Å²) in [4.78, 5) is 10.4. The van der Waals surface area contributed by atoms with Gasteiger partial charge in [0.05, 0.1) is 4.92 Å². The molecular weight excluding hydrogens is 236 g/mol. The van der Waals surface area contributed by atoms with Crippen molar-refractivity contribution < 1.29 is 4.92 Å². The van der Waals surface area contributed by atoms with Crippen molar-refractivity contribution in [2.24, 2.45) is 5.73 Å². The smallest absolute Gasteiger partial charge is 0.272 e. The molecule has 0 heterocycles. The Bertz CT molecular complexity index is 396. The van der Waals surface area contributed by atoms with Crippen molar-refractivity contribution in [2.45, 2.75) is 32.1 Å². The lowest BCUT2D eigenvalue weighted by Gasteiger charge is -2.09. The molecule has 0 saturated heterocycles.